The van der Waals surface area contributed by atoms with Gasteiger partial charge in [-0.25, -0.2) is 0 Å². The number of rotatable bonds is 26. The molecule has 0 aromatic rings. The number of amides is 4. The van der Waals surface area contributed by atoms with Crippen molar-refractivity contribution < 1.29 is 28.8 Å². The van der Waals surface area contributed by atoms with Gasteiger partial charge in [0.05, 0.1) is 25.0 Å². The van der Waals surface area contributed by atoms with Crippen LogP contribution in [0.1, 0.15) is 221 Å². The number of hydrogen-bond donors (Lipinski definition) is 6. The molecule has 0 heterocycles. The van der Waals surface area contributed by atoms with Crippen LogP contribution in [0.5, 0.6) is 0 Å². The van der Waals surface area contributed by atoms with Crippen LogP contribution < -0.4 is 33.2 Å². The van der Waals surface area contributed by atoms with Gasteiger partial charge in [0.15, 0.2) is 11.6 Å². The summed E-state index contributed by atoms with van der Waals surface area (Å²) in [5, 5.41) is 8.34. The van der Waals surface area contributed by atoms with E-state index in [1.165, 1.54) is 25.7 Å². The van der Waals surface area contributed by atoms with Crippen molar-refractivity contribution >= 4 is 35.2 Å². The highest BCUT2D eigenvalue weighted by molar-refractivity contribution is 5.93. The summed E-state index contributed by atoms with van der Waals surface area (Å²) in [7, 11) is 0. The quantitative estimate of drug-likeness (QED) is 0.0489. The summed E-state index contributed by atoms with van der Waals surface area (Å²) in [5.74, 6) is 3.76. The van der Waals surface area contributed by atoms with Crippen LogP contribution >= 0.6 is 0 Å². The van der Waals surface area contributed by atoms with Crippen molar-refractivity contribution in [2.24, 2.45) is 75.4 Å². The van der Waals surface area contributed by atoms with E-state index in [9.17, 15) is 28.8 Å². The molecule has 12 nitrogen and oxygen atoms in total. The second kappa shape index (κ2) is 36.2. The highest BCUT2D eigenvalue weighted by atomic mass is 16.2. The third kappa shape index (κ3) is 41.3. The highest BCUT2D eigenvalue weighted by Gasteiger charge is 2.34. The molecule has 1 aliphatic rings. The van der Waals surface area contributed by atoms with Gasteiger partial charge >= 0.3 is 0 Å². The van der Waals surface area contributed by atoms with E-state index in [0.29, 0.717) is 72.1 Å². The Hall–Kier alpha value is -2.86. The van der Waals surface area contributed by atoms with Crippen molar-refractivity contribution in [3.63, 3.8) is 0 Å². The molecule has 1 aliphatic carbocycles. The standard InChI is InChI=1S/C14H26N2O3.C14H28.C13H26N2O2.C13H28N2O/c1-9(2)5-6-12(17)11(8-13(15)18)16-14(19)7-10(3)4;1-13(2,3)10-11-7-8-12(9-11)14(4,5)6;1-9(2)5-6-12(16)11(8-14)15-13(17)7-10(3)4;1-10(2)5-7-12(8-6-11(3)4)15-13(16)9-14/h9-11H,5-8H2,1-4H3,(H2,15,18)(H,16,19);11-12H,7-10H2,1-6H3;9-11H,5-8,14H2,1-4H3,(H,15,17);10-12H,5-9,14H2,1-4H3,(H,15,16). The first-order chi connectivity index (χ1) is 30.2. The summed E-state index contributed by atoms with van der Waals surface area (Å²) < 4.78 is 0. The molecule has 4 amide bonds. The van der Waals surface area contributed by atoms with Crippen molar-refractivity contribution in [3.8, 4) is 0 Å². The van der Waals surface area contributed by atoms with E-state index in [2.05, 4.69) is 99.0 Å². The first-order valence-corrected chi connectivity index (χ1v) is 25.8. The molecule has 0 aliphatic heterocycles. The topological polar surface area (TPSA) is 217 Å². The monoisotopic (exact) mass is 937 g/mol. The molecule has 390 valence electrons. The Labute approximate surface area is 406 Å². The fraction of sp³-hybridized carbons (Fsp3) is 0.889. The second-order valence-corrected chi connectivity index (χ2v) is 24.1. The number of primary amides is 1. The molecule has 1 rings (SSSR count). The van der Waals surface area contributed by atoms with Crippen LogP contribution in [-0.2, 0) is 28.8 Å². The SMILES string of the molecule is CC(C)(C)CC1CCC(C(C)(C)C)C1.CC(C)CCC(=O)C(CC(N)=O)NC(=O)CC(C)C.CC(C)CCC(=O)C(CN)NC(=O)CC(C)C.CC(C)CCC(CCC(C)C)NC(=O)CN. The van der Waals surface area contributed by atoms with Crippen molar-refractivity contribution in [1.29, 1.82) is 0 Å². The van der Waals surface area contributed by atoms with Gasteiger partial charge in [0, 0.05) is 38.3 Å². The second-order valence-electron chi connectivity index (χ2n) is 24.1. The number of nitrogens with one attached hydrogen (secondary N) is 3. The number of hydrogen-bond acceptors (Lipinski definition) is 8. The molecular weight excluding hydrogens is 829 g/mol. The molecule has 0 radical (unpaired) electrons. The Morgan fingerprint density at radius 1 is 0.515 bits per heavy atom. The van der Waals surface area contributed by atoms with Crippen molar-refractivity contribution in [3.05, 3.63) is 0 Å². The third-order valence-corrected chi connectivity index (χ3v) is 11.6. The Morgan fingerprint density at radius 2 is 0.924 bits per heavy atom. The van der Waals surface area contributed by atoms with E-state index in [1.54, 1.807) is 0 Å². The average molecular weight is 937 g/mol. The third-order valence-electron chi connectivity index (χ3n) is 11.6. The molecule has 0 aromatic carbocycles. The van der Waals surface area contributed by atoms with Gasteiger partial charge in [0.2, 0.25) is 23.6 Å². The number of carbonyl (C=O) groups excluding carboxylic acids is 6. The summed E-state index contributed by atoms with van der Waals surface area (Å²) >= 11 is 0. The molecule has 4 unspecified atom stereocenters. The zero-order valence-electron chi connectivity index (χ0n) is 46.1. The molecule has 9 N–H and O–H groups in total. The lowest BCUT2D eigenvalue weighted by Crippen LogP contribution is -2.46. The van der Waals surface area contributed by atoms with Gasteiger partial charge in [0.25, 0.3) is 0 Å². The number of Topliss-reactive ketones (excluding diaryl/α,β-unsaturated/α-hetero) is 2. The van der Waals surface area contributed by atoms with Crippen molar-refractivity contribution in [1.82, 2.24) is 16.0 Å². The zero-order valence-corrected chi connectivity index (χ0v) is 46.1. The first kappa shape index (κ1) is 67.4. The minimum atomic E-state index is -0.775. The predicted octanol–water partition coefficient (Wildman–Crippen LogP) is 10.1. The summed E-state index contributed by atoms with van der Waals surface area (Å²) in [6.07, 6.45) is 13.4. The van der Waals surface area contributed by atoms with Crippen molar-refractivity contribution in [2.45, 2.75) is 239 Å². The zero-order chi connectivity index (χ0) is 52.0. The van der Waals surface area contributed by atoms with E-state index in [1.807, 2.05) is 41.5 Å². The van der Waals surface area contributed by atoms with Gasteiger partial charge in [-0.2, -0.15) is 0 Å². The lowest BCUT2D eigenvalue weighted by molar-refractivity contribution is -0.130. The number of nitrogens with two attached hydrogens (primary N) is 3. The van der Waals surface area contributed by atoms with E-state index >= 15 is 0 Å². The van der Waals surface area contributed by atoms with E-state index in [4.69, 9.17) is 17.2 Å². The van der Waals surface area contributed by atoms with Crippen LogP contribution in [0.3, 0.4) is 0 Å². The fourth-order valence-electron chi connectivity index (χ4n) is 7.73. The number of ketones is 2. The number of carbonyl (C=O) groups is 6. The van der Waals surface area contributed by atoms with E-state index in [0.717, 1.165) is 50.4 Å². The van der Waals surface area contributed by atoms with Crippen LogP contribution in [0.25, 0.3) is 0 Å². The molecular formula is C54H108N6O6. The summed E-state index contributed by atoms with van der Waals surface area (Å²) in [4.78, 5) is 69.3. The molecule has 0 saturated heterocycles. The predicted molar refractivity (Wildman–Crippen MR) is 277 cm³/mol. The smallest absolute Gasteiger partial charge is 0.233 e. The lowest BCUT2D eigenvalue weighted by Gasteiger charge is -2.28. The van der Waals surface area contributed by atoms with Crippen LogP contribution in [0.15, 0.2) is 0 Å². The van der Waals surface area contributed by atoms with E-state index in [-0.39, 0.29) is 54.7 Å². The largest absolute Gasteiger partial charge is 0.370 e. The summed E-state index contributed by atoms with van der Waals surface area (Å²) in [6, 6.07) is -0.983. The van der Waals surface area contributed by atoms with Gasteiger partial charge in [-0.1, -0.05) is 131 Å². The molecule has 66 heavy (non-hydrogen) atoms. The van der Waals surface area contributed by atoms with Gasteiger partial charge in [-0.05, 0) is 116 Å². The van der Waals surface area contributed by atoms with Gasteiger partial charge in [0.1, 0.15) is 0 Å². The maximum atomic E-state index is 12.0. The molecule has 0 spiro atoms. The molecule has 1 fully saturated rings. The maximum absolute atomic E-state index is 12.0. The Morgan fingerprint density at radius 3 is 1.24 bits per heavy atom. The summed E-state index contributed by atoms with van der Waals surface area (Å²) in [5.41, 5.74) is 17.0. The van der Waals surface area contributed by atoms with Gasteiger partial charge < -0.3 is 33.2 Å². The molecule has 4 atom stereocenters. The van der Waals surface area contributed by atoms with Crippen LogP contribution in [0.2, 0.25) is 0 Å². The molecule has 1 saturated carbocycles. The average Bonchev–Trinajstić information content (AvgIpc) is 3.63. The van der Waals surface area contributed by atoms with Crippen LogP contribution in [0.4, 0.5) is 0 Å². The Balaban J connectivity index is -0.000000806. The Kier molecular flexibility index (Phi) is 36.9. The fourth-order valence-corrected chi connectivity index (χ4v) is 7.73. The lowest BCUT2D eigenvalue weighted by atomic mass is 9.78. The molecule has 0 aromatic heterocycles. The molecule has 0 bridgehead atoms. The van der Waals surface area contributed by atoms with Crippen LogP contribution in [0, 0.1) is 58.2 Å². The minimum Gasteiger partial charge on any atom is -0.370 e. The van der Waals surface area contributed by atoms with Crippen LogP contribution in [-0.4, -0.2) is 66.4 Å². The van der Waals surface area contributed by atoms with Gasteiger partial charge in [-0.15, -0.1) is 0 Å². The van der Waals surface area contributed by atoms with Crippen molar-refractivity contribution in [2.75, 3.05) is 13.1 Å². The maximum Gasteiger partial charge on any atom is 0.233 e. The van der Waals surface area contributed by atoms with E-state index < -0.39 is 18.0 Å². The van der Waals surface area contributed by atoms with Gasteiger partial charge in [-0.3, -0.25) is 28.8 Å². The highest BCUT2D eigenvalue weighted by Crippen LogP contribution is 2.45. The minimum absolute atomic E-state index is 0.0301. The normalized spacial score (nSPS) is 16.0. The molecule has 12 heteroatoms. The Bertz CT molecular complexity index is 1340. The first-order valence-electron chi connectivity index (χ1n) is 25.8. The summed E-state index contributed by atoms with van der Waals surface area (Å²) in [6.45, 7) is 39.4.